The van der Waals surface area contributed by atoms with E-state index >= 15 is 0 Å². The van der Waals surface area contributed by atoms with Crippen LogP contribution in [0.5, 0.6) is 0 Å². The van der Waals surface area contributed by atoms with E-state index in [9.17, 15) is 4.39 Å². The molecule has 1 aromatic carbocycles. The van der Waals surface area contributed by atoms with Crippen molar-refractivity contribution in [1.82, 2.24) is 14.7 Å². The van der Waals surface area contributed by atoms with Gasteiger partial charge in [0.2, 0.25) is 0 Å². The fraction of sp³-hybridized carbons (Fsp3) is 0.500. The molecule has 0 amide bonds. The SMILES string of the molecule is CC1(C)CN(Cc2cnn(Cc3ccc(F)cc3)c2)CCC1N. The molecule has 1 aromatic heterocycles. The lowest BCUT2D eigenvalue weighted by atomic mass is 9.79. The highest BCUT2D eigenvalue weighted by Gasteiger charge is 2.33. The van der Waals surface area contributed by atoms with Crippen molar-refractivity contribution in [3.05, 3.63) is 53.6 Å². The van der Waals surface area contributed by atoms with Crippen molar-refractivity contribution in [2.45, 2.75) is 39.4 Å². The summed E-state index contributed by atoms with van der Waals surface area (Å²) < 4.78 is 14.8. The van der Waals surface area contributed by atoms with Gasteiger partial charge >= 0.3 is 0 Å². The summed E-state index contributed by atoms with van der Waals surface area (Å²) in [7, 11) is 0. The zero-order valence-electron chi connectivity index (χ0n) is 13.9. The molecule has 0 aliphatic carbocycles. The maximum Gasteiger partial charge on any atom is 0.123 e. The summed E-state index contributed by atoms with van der Waals surface area (Å²) in [5.41, 5.74) is 8.61. The average Bonchev–Trinajstić information content (AvgIpc) is 2.92. The lowest BCUT2D eigenvalue weighted by Crippen LogP contribution is -2.51. The molecule has 23 heavy (non-hydrogen) atoms. The molecule has 1 saturated heterocycles. The van der Waals surface area contributed by atoms with Gasteiger partial charge in [-0.2, -0.15) is 5.10 Å². The lowest BCUT2D eigenvalue weighted by molar-refractivity contribution is 0.0898. The summed E-state index contributed by atoms with van der Waals surface area (Å²) in [6.07, 6.45) is 5.03. The summed E-state index contributed by atoms with van der Waals surface area (Å²) in [6, 6.07) is 6.84. The van der Waals surface area contributed by atoms with Gasteiger partial charge in [0.1, 0.15) is 5.82 Å². The number of halogens is 1. The summed E-state index contributed by atoms with van der Waals surface area (Å²) in [5.74, 6) is -0.208. The molecule has 4 nitrogen and oxygen atoms in total. The van der Waals surface area contributed by atoms with Crippen molar-refractivity contribution in [2.24, 2.45) is 11.1 Å². The summed E-state index contributed by atoms with van der Waals surface area (Å²) in [4.78, 5) is 2.45. The molecule has 2 aromatic rings. The van der Waals surface area contributed by atoms with Crippen LogP contribution in [-0.2, 0) is 13.1 Å². The summed E-state index contributed by atoms with van der Waals surface area (Å²) >= 11 is 0. The van der Waals surface area contributed by atoms with E-state index in [0.717, 1.165) is 31.6 Å². The van der Waals surface area contributed by atoms with Crippen LogP contribution in [0, 0.1) is 11.2 Å². The van der Waals surface area contributed by atoms with Gasteiger partial charge in [0.05, 0.1) is 12.7 Å². The monoisotopic (exact) mass is 316 g/mol. The molecule has 124 valence electrons. The van der Waals surface area contributed by atoms with Crippen molar-refractivity contribution >= 4 is 0 Å². The molecule has 2 heterocycles. The Morgan fingerprint density at radius 1 is 1.22 bits per heavy atom. The Kier molecular flexibility index (Phi) is 4.50. The first-order chi connectivity index (χ1) is 10.9. The third-order valence-electron chi connectivity index (χ3n) is 4.74. The van der Waals surface area contributed by atoms with E-state index in [1.165, 1.54) is 17.7 Å². The number of piperidine rings is 1. The molecule has 0 spiro atoms. The fourth-order valence-corrected chi connectivity index (χ4v) is 3.23. The van der Waals surface area contributed by atoms with Gasteiger partial charge in [-0.15, -0.1) is 0 Å². The van der Waals surface area contributed by atoms with Crippen molar-refractivity contribution < 1.29 is 4.39 Å². The Bertz CT molecular complexity index is 647. The van der Waals surface area contributed by atoms with E-state index in [0.29, 0.717) is 6.54 Å². The topological polar surface area (TPSA) is 47.1 Å². The number of nitrogens with two attached hydrogens (primary N) is 1. The first kappa shape index (κ1) is 16.1. The molecule has 3 rings (SSSR count). The molecule has 1 aliphatic rings. The average molecular weight is 316 g/mol. The second kappa shape index (κ2) is 6.42. The normalized spacial score (nSPS) is 21.5. The number of benzene rings is 1. The zero-order chi connectivity index (χ0) is 16.4. The smallest absolute Gasteiger partial charge is 0.123 e. The van der Waals surface area contributed by atoms with Crippen LogP contribution in [0.15, 0.2) is 36.7 Å². The predicted octanol–water partition coefficient (Wildman–Crippen LogP) is 2.63. The van der Waals surface area contributed by atoms with Crippen molar-refractivity contribution in [1.29, 1.82) is 0 Å². The van der Waals surface area contributed by atoms with Crippen molar-refractivity contribution in [3.63, 3.8) is 0 Å². The summed E-state index contributed by atoms with van der Waals surface area (Å²) in [6.45, 7) is 8.09. The Balaban J connectivity index is 1.60. The van der Waals surface area contributed by atoms with Crippen LogP contribution in [0.25, 0.3) is 0 Å². The van der Waals surface area contributed by atoms with E-state index < -0.39 is 0 Å². The second-order valence-corrected chi connectivity index (χ2v) is 7.27. The van der Waals surface area contributed by atoms with Crippen LogP contribution in [0.2, 0.25) is 0 Å². The second-order valence-electron chi connectivity index (χ2n) is 7.27. The van der Waals surface area contributed by atoms with Crippen LogP contribution >= 0.6 is 0 Å². The standard InChI is InChI=1S/C18H25FN4/c1-18(2)13-22(8-7-17(18)20)10-15-9-21-23(12-15)11-14-3-5-16(19)6-4-14/h3-6,9,12,17H,7-8,10-11,13,20H2,1-2H3. The maximum absolute atomic E-state index is 12.9. The molecule has 1 unspecified atom stereocenters. The molecule has 1 atom stereocenters. The first-order valence-corrected chi connectivity index (χ1v) is 8.16. The summed E-state index contributed by atoms with van der Waals surface area (Å²) in [5, 5.41) is 4.42. The highest BCUT2D eigenvalue weighted by atomic mass is 19.1. The van der Waals surface area contributed by atoms with Gasteiger partial charge in [-0.05, 0) is 29.5 Å². The maximum atomic E-state index is 12.9. The number of hydrogen-bond donors (Lipinski definition) is 1. The molecule has 1 aliphatic heterocycles. The van der Waals surface area contributed by atoms with Crippen LogP contribution in [-0.4, -0.2) is 33.8 Å². The molecule has 0 saturated carbocycles. The first-order valence-electron chi connectivity index (χ1n) is 8.16. The highest BCUT2D eigenvalue weighted by molar-refractivity contribution is 5.17. The predicted molar refractivity (Wildman–Crippen MR) is 89.4 cm³/mol. The van der Waals surface area contributed by atoms with E-state index in [2.05, 4.69) is 30.0 Å². The van der Waals surface area contributed by atoms with Gasteiger partial charge in [0.15, 0.2) is 0 Å². The third kappa shape index (κ3) is 3.98. The van der Waals surface area contributed by atoms with Gasteiger partial charge in [0, 0.05) is 37.4 Å². The van der Waals surface area contributed by atoms with Crippen LogP contribution in [0.3, 0.4) is 0 Å². The van der Waals surface area contributed by atoms with Gasteiger partial charge in [-0.3, -0.25) is 9.58 Å². The number of hydrogen-bond acceptors (Lipinski definition) is 3. The number of likely N-dealkylation sites (tertiary alicyclic amines) is 1. The third-order valence-corrected chi connectivity index (χ3v) is 4.74. The number of aromatic nitrogens is 2. The molecular weight excluding hydrogens is 291 g/mol. The molecule has 0 radical (unpaired) electrons. The van der Waals surface area contributed by atoms with Crippen LogP contribution in [0.4, 0.5) is 4.39 Å². The molecule has 1 fully saturated rings. The quantitative estimate of drug-likeness (QED) is 0.943. The Morgan fingerprint density at radius 2 is 1.96 bits per heavy atom. The minimum Gasteiger partial charge on any atom is -0.327 e. The minimum absolute atomic E-state index is 0.155. The molecule has 5 heteroatoms. The van der Waals surface area contributed by atoms with Gasteiger partial charge in [-0.1, -0.05) is 26.0 Å². The van der Waals surface area contributed by atoms with Gasteiger partial charge in [0.25, 0.3) is 0 Å². The van der Waals surface area contributed by atoms with E-state index in [1.807, 2.05) is 10.9 Å². The zero-order valence-corrected chi connectivity index (χ0v) is 13.9. The van der Waals surface area contributed by atoms with Crippen molar-refractivity contribution in [2.75, 3.05) is 13.1 Å². The number of nitrogens with zero attached hydrogens (tertiary/aromatic N) is 3. The van der Waals surface area contributed by atoms with Crippen LogP contribution in [0.1, 0.15) is 31.4 Å². The molecular formula is C18H25FN4. The van der Waals surface area contributed by atoms with E-state index in [1.54, 1.807) is 12.1 Å². The Morgan fingerprint density at radius 3 is 2.65 bits per heavy atom. The molecule has 0 bridgehead atoms. The van der Waals surface area contributed by atoms with Crippen LogP contribution < -0.4 is 5.73 Å². The largest absolute Gasteiger partial charge is 0.327 e. The van der Waals surface area contributed by atoms with E-state index in [-0.39, 0.29) is 17.3 Å². The van der Waals surface area contributed by atoms with E-state index in [4.69, 9.17) is 5.73 Å². The van der Waals surface area contributed by atoms with Crippen molar-refractivity contribution in [3.8, 4) is 0 Å². The Labute approximate surface area is 137 Å². The lowest BCUT2D eigenvalue weighted by Gasteiger charge is -2.42. The fourth-order valence-electron chi connectivity index (χ4n) is 3.23. The highest BCUT2D eigenvalue weighted by Crippen LogP contribution is 2.28. The van der Waals surface area contributed by atoms with Gasteiger partial charge < -0.3 is 5.73 Å². The molecule has 2 N–H and O–H groups in total. The number of rotatable bonds is 4. The Hall–Kier alpha value is -1.72. The minimum atomic E-state index is -0.208. The van der Waals surface area contributed by atoms with Gasteiger partial charge in [-0.25, -0.2) is 4.39 Å².